The van der Waals surface area contributed by atoms with E-state index in [0.717, 1.165) is 31.6 Å². The monoisotopic (exact) mass is 469 g/mol. The number of esters is 2. The summed E-state index contributed by atoms with van der Waals surface area (Å²) in [5, 5.41) is 6.14. The first kappa shape index (κ1) is 25.0. The van der Waals surface area contributed by atoms with E-state index in [4.69, 9.17) is 9.47 Å². The minimum Gasteiger partial charge on any atom is -0.497 e. The fourth-order valence-corrected chi connectivity index (χ4v) is 3.89. The number of nitrogens with one attached hydrogen (secondary N) is 2. The van der Waals surface area contributed by atoms with E-state index in [9.17, 15) is 14.4 Å². The average molecular weight is 470 g/mol. The number of methoxy groups -OCH3 is 3. The van der Waals surface area contributed by atoms with E-state index in [0.29, 0.717) is 17.0 Å². The highest BCUT2D eigenvalue weighted by molar-refractivity contribution is 6.04. The van der Waals surface area contributed by atoms with E-state index >= 15 is 0 Å². The number of anilines is 2. The molecule has 2 aromatic rings. The number of piperidine rings is 1. The molecule has 1 unspecified atom stereocenters. The van der Waals surface area contributed by atoms with Crippen LogP contribution in [0, 0.1) is 0 Å². The summed E-state index contributed by atoms with van der Waals surface area (Å²) in [4.78, 5) is 38.3. The third-order valence-electron chi connectivity index (χ3n) is 5.86. The first-order valence-corrected chi connectivity index (χ1v) is 11.1. The molecular formula is C25H31N3O6. The Balaban J connectivity index is 1.51. The van der Waals surface area contributed by atoms with Crippen LogP contribution in [-0.4, -0.2) is 64.3 Å². The summed E-state index contributed by atoms with van der Waals surface area (Å²) in [5.74, 6) is -0.418. The van der Waals surface area contributed by atoms with Gasteiger partial charge >= 0.3 is 11.9 Å². The molecule has 0 spiro atoms. The summed E-state index contributed by atoms with van der Waals surface area (Å²) in [6.07, 6.45) is 1.56. The van der Waals surface area contributed by atoms with Gasteiger partial charge in [0.05, 0.1) is 27.8 Å². The van der Waals surface area contributed by atoms with Crippen molar-refractivity contribution in [2.24, 2.45) is 0 Å². The van der Waals surface area contributed by atoms with Crippen LogP contribution in [0.25, 0.3) is 0 Å². The molecule has 1 saturated heterocycles. The highest BCUT2D eigenvalue weighted by atomic mass is 16.5. The molecule has 0 aliphatic carbocycles. The molecule has 0 saturated carbocycles. The molecule has 1 aliphatic heterocycles. The van der Waals surface area contributed by atoms with E-state index in [2.05, 4.69) is 20.3 Å². The van der Waals surface area contributed by atoms with Crippen LogP contribution in [0.4, 0.5) is 11.4 Å². The van der Waals surface area contributed by atoms with Crippen molar-refractivity contribution >= 4 is 29.2 Å². The highest BCUT2D eigenvalue weighted by Crippen LogP contribution is 2.23. The van der Waals surface area contributed by atoms with Gasteiger partial charge in [-0.25, -0.2) is 0 Å². The summed E-state index contributed by atoms with van der Waals surface area (Å²) in [7, 11) is 4.19. The number of rotatable bonds is 9. The Morgan fingerprint density at radius 2 is 1.59 bits per heavy atom. The van der Waals surface area contributed by atoms with Crippen LogP contribution < -0.4 is 20.3 Å². The molecule has 182 valence electrons. The first-order valence-electron chi connectivity index (χ1n) is 11.1. The maximum Gasteiger partial charge on any atom is 0.323 e. The number of amides is 1. The van der Waals surface area contributed by atoms with Gasteiger partial charge < -0.3 is 29.7 Å². The normalized spacial score (nSPS) is 14.7. The van der Waals surface area contributed by atoms with E-state index in [1.165, 1.54) is 14.2 Å². The van der Waals surface area contributed by atoms with Gasteiger partial charge in [-0.05, 0) is 61.4 Å². The highest BCUT2D eigenvalue weighted by Gasteiger charge is 2.28. The van der Waals surface area contributed by atoms with Crippen molar-refractivity contribution in [3.8, 4) is 5.75 Å². The van der Waals surface area contributed by atoms with Crippen molar-refractivity contribution in [1.82, 2.24) is 5.32 Å². The Morgan fingerprint density at radius 3 is 2.15 bits per heavy atom. The van der Waals surface area contributed by atoms with E-state index in [1.807, 2.05) is 24.3 Å². The number of nitrogens with zero attached hydrogens (tertiary/aromatic N) is 1. The van der Waals surface area contributed by atoms with Crippen LogP contribution >= 0.6 is 0 Å². The van der Waals surface area contributed by atoms with Crippen molar-refractivity contribution in [3.05, 3.63) is 54.1 Å². The standard InChI is InChI=1S/C25H31N3O6/c1-32-21-10-4-17(5-11-21)24(30)27-18-6-8-20(9-7-18)28-14-12-19(13-15-28)26-22(25(31)34-3)16-23(29)33-2/h4-11,19,22,26H,12-16H2,1-3H3,(H,27,30). The van der Waals surface area contributed by atoms with Crippen molar-refractivity contribution in [2.75, 3.05) is 44.6 Å². The smallest absolute Gasteiger partial charge is 0.323 e. The summed E-state index contributed by atoms with van der Waals surface area (Å²) in [6, 6.07) is 14.0. The van der Waals surface area contributed by atoms with Gasteiger partial charge in [0.2, 0.25) is 0 Å². The van der Waals surface area contributed by atoms with Crippen molar-refractivity contribution in [2.45, 2.75) is 31.3 Å². The molecule has 0 aromatic heterocycles. The van der Waals surface area contributed by atoms with E-state index in [-0.39, 0.29) is 18.4 Å². The molecule has 1 fully saturated rings. The van der Waals surface area contributed by atoms with Gasteiger partial charge in [0, 0.05) is 36.1 Å². The Labute approximate surface area is 199 Å². The molecule has 2 N–H and O–H groups in total. The largest absolute Gasteiger partial charge is 0.497 e. The second kappa shape index (κ2) is 12.0. The van der Waals surface area contributed by atoms with Crippen LogP contribution in [0.15, 0.2) is 48.5 Å². The van der Waals surface area contributed by atoms with Gasteiger partial charge in [0.25, 0.3) is 5.91 Å². The Bertz CT molecular complexity index is 969. The number of benzene rings is 2. The molecule has 34 heavy (non-hydrogen) atoms. The molecule has 0 radical (unpaired) electrons. The molecular weight excluding hydrogens is 438 g/mol. The quantitative estimate of drug-likeness (QED) is 0.540. The number of carbonyl (C=O) groups is 3. The third-order valence-corrected chi connectivity index (χ3v) is 5.86. The molecule has 1 heterocycles. The number of hydrogen-bond donors (Lipinski definition) is 2. The van der Waals surface area contributed by atoms with Crippen molar-refractivity contribution in [1.29, 1.82) is 0 Å². The van der Waals surface area contributed by atoms with E-state index in [1.54, 1.807) is 31.4 Å². The summed E-state index contributed by atoms with van der Waals surface area (Å²) in [5.41, 5.74) is 2.32. The maximum atomic E-state index is 12.4. The summed E-state index contributed by atoms with van der Waals surface area (Å²) < 4.78 is 14.6. The number of hydrogen-bond acceptors (Lipinski definition) is 8. The topological polar surface area (TPSA) is 106 Å². The van der Waals surface area contributed by atoms with Crippen LogP contribution in [0.2, 0.25) is 0 Å². The zero-order chi connectivity index (χ0) is 24.5. The lowest BCUT2D eigenvalue weighted by Gasteiger charge is -2.35. The van der Waals surface area contributed by atoms with Crippen molar-refractivity contribution in [3.63, 3.8) is 0 Å². The van der Waals surface area contributed by atoms with Gasteiger partial charge in [0.1, 0.15) is 11.8 Å². The van der Waals surface area contributed by atoms with Crippen LogP contribution in [-0.2, 0) is 19.1 Å². The molecule has 9 nitrogen and oxygen atoms in total. The maximum absolute atomic E-state index is 12.4. The predicted molar refractivity (Wildman–Crippen MR) is 128 cm³/mol. The minimum absolute atomic E-state index is 0.0624. The average Bonchev–Trinajstić information content (AvgIpc) is 2.88. The zero-order valence-corrected chi connectivity index (χ0v) is 19.7. The van der Waals surface area contributed by atoms with Gasteiger partial charge in [-0.2, -0.15) is 0 Å². The van der Waals surface area contributed by atoms with Gasteiger partial charge in [-0.3, -0.25) is 14.4 Å². The second-order valence-corrected chi connectivity index (χ2v) is 8.01. The molecule has 1 aliphatic rings. The van der Waals surface area contributed by atoms with Crippen LogP contribution in [0.3, 0.4) is 0 Å². The lowest BCUT2D eigenvalue weighted by Crippen LogP contribution is -2.50. The Morgan fingerprint density at radius 1 is 0.941 bits per heavy atom. The Kier molecular flexibility index (Phi) is 8.86. The lowest BCUT2D eigenvalue weighted by molar-refractivity contribution is -0.149. The SMILES string of the molecule is COC(=O)CC(NC1CCN(c2ccc(NC(=O)c3ccc(OC)cc3)cc2)CC1)C(=O)OC. The molecule has 1 atom stereocenters. The van der Waals surface area contributed by atoms with Crippen LogP contribution in [0.1, 0.15) is 29.6 Å². The molecule has 3 rings (SSSR count). The molecule has 1 amide bonds. The predicted octanol–water partition coefficient (Wildman–Crippen LogP) is 2.61. The Hall–Kier alpha value is -3.59. The summed E-state index contributed by atoms with van der Waals surface area (Å²) >= 11 is 0. The minimum atomic E-state index is -0.720. The van der Waals surface area contributed by atoms with E-state index < -0.39 is 18.0 Å². The lowest BCUT2D eigenvalue weighted by atomic mass is 10.0. The zero-order valence-electron chi connectivity index (χ0n) is 19.7. The fourth-order valence-electron chi connectivity index (χ4n) is 3.89. The third kappa shape index (κ3) is 6.71. The molecule has 2 aromatic carbocycles. The first-order chi connectivity index (χ1) is 16.4. The van der Waals surface area contributed by atoms with Gasteiger partial charge in [-0.15, -0.1) is 0 Å². The molecule has 9 heteroatoms. The number of ether oxygens (including phenoxy) is 3. The fraction of sp³-hybridized carbons (Fsp3) is 0.400. The van der Waals surface area contributed by atoms with Gasteiger partial charge in [0.15, 0.2) is 0 Å². The van der Waals surface area contributed by atoms with Crippen molar-refractivity contribution < 1.29 is 28.6 Å². The van der Waals surface area contributed by atoms with Gasteiger partial charge in [-0.1, -0.05) is 0 Å². The van der Waals surface area contributed by atoms with Crippen LogP contribution in [0.5, 0.6) is 5.75 Å². The second-order valence-electron chi connectivity index (χ2n) is 8.01. The summed E-state index contributed by atoms with van der Waals surface area (Å²) in [6.45, 7) is 1.59. The molecule has 0 bridgehead atoms. The number of carbonyl (C=O) groups excluding carboxylic acids is 3.